The average molecular weight is 383 g/mol. The SMILES string of the molecule is O=C(c1ccc(F)c(F)c1)N1CCN(Cc2cc3ccccc3[nH]c2=O)CC1. The van der Waals surface area contributed by atoms with Gasteiger partial charge in [0.1, 0.15) is 0 Å². The molecule has 1 N–H and O–H groups in total. The lowest BCUT2D eigenvalue weighted by Crippen LogP contribution is -2.48. The van der Waals surface area contributed by atoms with Gasteiger partial charge in [-0.15, -0.1) is 0 Å². The normalized spacial score (nSPS) is 15.1. The summed E-state index contributed by atoms with van der Waals surface area (Å²) in [6.45, 7) is 2.61. The molecule has 1 aliphatic rings. The number of rotatable bonds is 3. The van der Waals surface area contributed by atoms with Crippen molar-refractivity contribution in [2.45, 2.75) is 6.54 Å². The molecule has 1 aliphatic heterocycles. The first-order chi connectivity index (χ1) is 13.5. The number of fused-ring (bicyclic) bond motifs is 1. The highest BCUT2D eigenvalue weighted by molar-refractivity contribution is 5.94. The van der Waals surface area contributed by atoms with Gasteiger partial charge < -0.3 is 9.88 Å². The number of pyridine rings is 1. The molecule has 0 radical (unpaired) electrons. The van der Waals surface area contributed by atoms with Crippen LogP contribution in [0.25, 0.3) is 10.9 Å². The lowest BCUT2D eigenvalue weighted by Gasteiger charge is -2.34. The molecule has 7 heteroatoms. The van der Waals surface area contributed by atoms with Crippen molar-refractivity contribution in [1.29, 1.82) is 0 Å². The van der Waals surface area contributed by atoms with Crippen molar-refractivity contribution in [1.82, 2.24) is 14.8 Å². The van der Waals surface area contributed by atoms with Crippen molar-refractivity contribution in [3.05, 3.63) is 81.6 Å². The molecule has 0 atom stereocenters. The minimum absolute atomic E-state index is 0.112. The quantitative estimate of drug-likeness (QED) is 0.757. The van der Waals surface area contributed by atoms with Crippen LogP contribution in [0, 0.1) is 11.6 Å². The summed E-state index contributed by atoms with van der Waals surface area (Å²) in [5.74, 6) is -2.32. The molecule has 5 nitrogen and oxygen atoms in total. The third-order valence-electron chi connectivity index (χ3n) is 5.05. The van der Waals surface area contributed by atoms with Crippen molar-refractivity contribution in [3.8, 4) is 0 Å². The first kappa shape index (κ1) is 18.3. The molecule has 0 saturated carbocycles. The van der Waals surface area contributed by atoms with Gasteiger partial charge in [-0.1, -0.05) is 18.2 Å². The van der Waals surface area contributed by atoms with E-state index in [9.17, 15) is 18.4 Å². The molecule has 1 aromatic heterocycles. The Morgan fingerprint density at radius 3 is 2.46 bits per heavy atom. The van der Waals surface area contributed by atoms with Crippen molar-refractivity contribution >= 4 is 16.8 Å². The molecular weight excluding hydrogens is 364 g/mol. The fourth-order valence-electron chi connectivity index (χ4n) is 3.47. The number of carbonyl (C=O) groups excluding carboxylic acids is 1. The number of halogens is 2. The van der Waals surface area contributed by atoms with Crippen LogP contribution in [-0.2, 0) is 6.54 Å². The van der Waals surface area contributed by atoms with Gasteiger partial charge in [0.05, 0.1) is 0 Å². The van der Waals surface area contributed by atoms with E-state index in [1.54, 1.807) is 4.90 Å². The molecule has 1 amide bonds. The zero-order chi connectivity index (χ0) is 19.7. The summed E-state index contributed by atoms with van der Waals surface area (Å²) in [5.41, 5.74) is 1.51. The largest absolute Gasteiger partial charge is 0.336 e. The van der Waals surface area contributed by atoms with Gasteiger partial charge in [0, 0.05) is 49.4 Å². The molecule has 0 spiro atoms. The molecule has 2 aromatic carbocycles. The number of aromatic amines is 1. The summed E-state index contributed by atoms with van der Waals surface area (Å²) >= 11 is 0. The fourth-order valence-corrected chi connectivity index (χ4v) is 3.47. The van der Waals surface area contributed by atoms with Crippen LogP contribution in [0.4, 0.5) is 8.78 Å². The van der Waals surface area contributed by atoms with Gasteiger partial charge in [-0.25, -0.2) is 8.78 Å². The predicted molar refractivity (Wildman–Crippen MR) is 102 cm³/mol. The second kappa shape index (κ2) is 7.52. The molecule has 4 rings (SSSR count). The lowest BCUT2D eigenvalue weighted by molar-refractivity contribution is 0.0627. The first-order valence-corrected chi connectivity index (χ1v) is 9.09. The van der Waals surface area contributed by atoms with E-state index in [2.05, 4.69) is 9.88 Å². The molecule has 0 bridgehead atoms. The number of amides is 1. The highest BCUT2D eigenvalue weighted by Crippen LogP contribution is 2.15. The second-order valence-corrected chi connectivity index (χ2v) is 6.91. The Morgan fingerprint density at radius 1 is 0.964 bits per heavy atom. The maximum Gasteiger partial charge on any atom is 0.254 e. The smallest absolute Gasteiger partial charge is 0.254 e. The molecule has 1 fully saturated rings. The molecular formula is C21H19F2N3O2. The number of nitrogens with zero attached hydrogens (tertiary/aromatic N) is 2. The van der Waals surface area contributed by atoms with Crippen molar-refractivity contribution in [2.75, 3.05) is 26.2 Å². The number of nitrogens with one attached hydrogen (secondary N) is 1. The van der Waals surface area contributed by atoms with Crippen LogP contribution in [0.2, 0.25) is 0 Å². The number of aromatic nitrogens is 1. The fraction of sp³-hybridized carbons (Fsp3) is 0.238. The minimum Gasteiger partial charge on any atom is -0.336 e. The Morgan fingerprint density at radius 2 is 1.71 bits per heavy atom. The van der Waals surface area contributed by atoms with Gasteiger partial charge in [0.2, 0.25) is 0 Å². The summed E-state index contributed by atoms with van der Waals surface area (Å²) in [6, 6.07) is 12.7. The zero-order valence-electron chi connectivity index (χ0n) is 15.1. The Bertz CT molecular complexity index is 1090. The van der Waals surface area contributed by atoms with Gasteiger partial charge in [-0.05, 0) is 35.7 Å². The van der Waals surface area contributed by atoms with Crippen LogP contribution in [0.5, 0.6) is 0 Å². The Balaban J connectivity index is 1.41. The molecule has 0 unspecified atom stereocenters. The highest BCUT2D eigenvalue weighted by atomic mass is 19.2. The Hall–Kier alpha value is -3.06. The molecule has 144 valence electrons. The zero-order valence-corrected chi connectivity index (χ0v) is 15.1. The average Bonchev–Trinajstić information content (AvgIpc) is 2.70. The summed E-state index contributed by atoms with van der Waals surface area (Å²) in [6.07, 6.45) is 0. The van der Waals surface area contributed by atoms with E-state index in [4.69, 9.17) is 0 Å². The van der Waals surface area contributed by atoms with E-state index in [0.717, 1.165) is 23.0 Å². The van der Waals surface area contributed by atoms with Gasteiger partial charge in [-0.2, -0.15) is 0 Å². The lowest BCUT2D eigenvalue weighted by atomic mass is 10.1. The third kappa shape index (κ3) is 3.66. The van der Waals surface area contributed by atoms with Crippen molar-refractivity contribution in [2.24, 2.45) is 0 Å². The van der Waals surface area contributed by atoms with E-state index in [0.29, 0.717) is 38.3 Å². The molecule has 2 heterocycles. The van der Waals surface area contributed by atoms with Gasteiger partial charge in [-0.3, -0.25) is 14.5 Å². The maximum atomic E-state index is 13.4. The first-order valence-electron chi connectivity index (χ1n) is 9.09. The number of carbonyl (C=O) groups is 1. The third-order valence-corrected chi connectivity index (χ3v) is 5.05. The molecule has 1 saturated heterocycles. The van der Waals surface area contributed by atoms with Crippen LogP contribution < -0.4 is 5.56 Å². The van der Waals surface area contributed by atoms with Crippen LogP contribution in [0.15, 0.2) is 53.3 Å². The Labute approximate surface area is 160 Å². The number of hydrogen-bond donors (Lipinski definition) is 1. The van der Waals surface area contributed by atoms with Crippen LogP contribution in [-0.4, -0.2) is 46.9 Å². The number of H-pyrrole nitrogens is 1. The van der Waals surface area contributed by atoms with Crippen LogP contribution in [0.3, 0.4) is 0 Å². The molecule has 28 heavy (non-hydrogen) atoms. The van der Waals surface area contributed by atoms with Gasteiger partial charge in [0.15, 0.2) is 11.6 Å². The molecule has 3 aromatic rings. The Kier molecular flexibility index (Phi) is 4.92. The van der Waals surface area contributed by atoms with E-state index < -0.39 is 11.6 Å². The monoisotopic (exact) mass is 383 g/mol. The summed E-state index contributed by atoms with van der Waals surface area (Å²) in [4.78, 5) is 31.4. The van der Waals surface area contributed by atoms with E-state index in [-0.39, 0.29) is 17.0 Å². The summed E-state index contributed by atoms with van der Waals surface area (Å²) in [5, 5.41) is 0.976. The molecule has 0 aliphatic carbocycles. The highest BCUT2D eigenvalue weighted by Gasteiger charge is 2.23. The number of hydrogen-bond acceptors (Lipinski definition) is 3. The topological polar surface area (TPSA) is 56.4 Å². The van der Waals surface area contributed by atoms with Gasteiger partial charge in [0.25, 0.3) is 11.5 Å². The van der Waals surface area contributed by atoms with Crippen LogP contribution >= 0.6 is 0 Å². The van der Waals surface area contributed by atoms with Crippen molar-refractivity contribution in [3.63, 3.8) is 0 Å². The van der Waals surface area contributed by atoms with E-state index in [1.807, 2.05) is 30.3 Å². The number of para-hydroxylation sites is 1. The number of piperazine rings is 1. The maximum absolute atomic E-state index is 13.4. The summed E-state index contributed by atoms with van der Waals surface area (Å²) in [7, 11) is 0. The predicted octanol–water partition coefficient (Wildman–Crippen LogP) is 2.76. The summed E-state index contributed by atoms with van der Waals surface area (Å²) < 4.78 is 26.4. The van der Waals surface area contributed by atoms with Crippen molar-refractivity contribution < 1.29 is 13.6 Å². The second-order valence-electron chi connectivity index (χ2n) is 6.91. The standard InChI is InChI=1S/C21H19F2N3O2/c22-17-6-5-15(12-18(17)23)21(28)26-9-7-25(8-10-26)13-16-11-14-3-1-2-4-19(14)24-20(16)27/h1-6,11-12H,7-10,13H2,(H,24,27). The van der Waals surface area contributed by atoms with E-state index >= 15 is 0 Å². The minimum atomic E-state index is -1.03. The number of benzene rings is 2. The van der Waals surface area contributed by atoms with Gasteiger partial charge >= 0.3 is 0 Å². The van der Waals surface area contributed by atoms with Crippen LogP contribution in [0.1, 0.15) is 15.9 Å². The van der Waals surface area contributed by atoms with E-state index in [1.165, 1.54) is 6.07 Å².